The molecule has 4 aromatic rings. The van der Waals surface area contributed by atoms with Crippen molar-refractivity contribution in [2.24, 2.45) is 5.92 Å². The van der Waals surface area contributed by atoms with Gasteiger partial charge in [-0.25, -0.2) is 13.8 Å². The first kappa shape index (κ1) is 21.3. The van der Waals surface area contributed by atoms with Crippen LogP contribution in [0.25, 0.3) is 23.1 Å². The maximum atomic E-state index is 13.6. The molecule has 3 nitrogen and oxygen atoms in total. The molecular formula is C28H22F2N2OS. The van der Waals surface area contributed by atoms with Gasteiger partial charge in [-0.2, -0.15) is 0 Å². The van der Waals surface area contributed by atoms with Gasteiger partial charge in [0.05, 0.1) is 22.2 Å². The third-order valence-electron chi connectivity index (χ3n) is 6.28. The zero-order valence-electron chi connectivity index (χ0n) is 18.4. The summed E-state index contributed by atoms with van der Waals surface area (Å²) >= 11 is 1.97. The topological polar surface area (TPSA) is 35.0 Å². The summed E-state index contributed by atoms with van der Waals surface area (Å²) < 4.78 is 33.2. The molecule has 170 valence electrons. The normalized spacial score (nSPS) is 17.3. The van der Waals surface area contributed by atoms with Crippen molar-refractivity contribution in [3.05, 3.63) is 101 Å². The number of thioether (sulfide) groups is 1. The summed E-state index contributed by atoms with van der Waals surface area (Å²) in [7, 11) is 0. The SMILES string of the molecule is Fc1cc2ccc(/C=C/c3ccc4c(c3)C(SCC3CC3)c3cccnc3CO4)nc2cc1F. The lowest BCUT2D eigenvalue weighted by Crippen LogP contribution is -2.02. The number of hydrogen-bond donors (Lipinski definition) is 0. The smallest absolute Gasteiger partial charge is 0.161 e. The van der Waals surface area contributed by atoms with E-state index in [4.69, 9.17) is 4.74 Å². The highest BCUT2D eigenvalue weighted by atomic mass is 32.2. The predicted molar refractivity (Wildman–Crippen MR) is 133 cm³/mol. The fourth-order valence-corrected chi connectivity index (χ4v) is 5.79. The van der Waals surface area contributed by atoms with Gasteiger partial charge in [0.2, 0.25) is 0 Å². The van der Waals surface area contributed by atoms with Crippen molar-refractivity contribution >= 4 is 34.8 Å². The molecule has 0 bridgehead atoms. The van der Waals surface area contributed by atoms with Gasteiger partial charge in [0, 0.05) is 23.2 Å². The fraction of sp³-hybridized carbons (Fsp3) is 0.214. The van der Waals surface area contributed by atoms with Crippen LogP contribution in [0.1, 0.15) is 46.2 Å². The third-order valence-corrected chi connectivity index (χ3v) is 7.79. The molecule has 0 radical (unpaired) electrons. The van der Waals surface area contributed by atoms with Gasteiger partial charge >= 0.3 is 0 Å². The zero-order valence-corrected chi connectivity index (χ0v) is 19.2. The summed E-state index contributed by atoms with van der Waals surface area (Å²) in [5.41, 5.74) is 5.50. The number of fused-ring (bicyclic) bond motifs is 3. The highest BCUT2D eigenvalue weighted by molar-refractivity contribution is 7.99. The van der Waals surface area contributed by atoms with Gasteiger partial charge in [0.15, 0.2) is 11.6 Å². The summed E-state index contributed by atoms with van der Waals surface area (Å²) in [5, 5.41) is 0.743. The highest BCUT2D eigenvalue weighted by Crippen LogP contribution is 2.47. The number of ether oxygens (including phenoxy) is 1. The van der Waals surface area contributed by atoms with Crippen LogP contribution in [0.2, 0.25) is 0 Å². The summed E-state index contributed by atoms with van der Waals surface area (Å²) in [6.45, 7) is 0.469. The second-order valence-corrected chi connectivity index (χ2v) is 9.95. The maximum absolute atomic E-state index is 13.6. The van der Waals surface area contributed by atoms with Crippen LogP contribution in [-0.2, 0) is 6.61 Å². The highest BCUT2D eigenvalue weighted by Gasteiger charge is 2.29. The minimum absolute atomic E-state index is 0.173. The quantitative estimate of drug-likeness (QED) is 0.308. The lowest BCUT2D eigenvalue weighted by Gasteiger charge is -2.19. The third kappa shape index (κ3) is 4.30. The van der Waals surface area contributed by atoms with Crippen LogP contribution in [0.15, 0.2) is 60.8 Å². The number of nitrogens with zero attached hydrogens (tertiary/aromatic N) is 2. The van der Waals surface area contributed by atoms with Gasteiger partial charge in [0.25, 0.3) is 0 Å². The van der Waals surface area contributed by atoms with Gasteiger partial charge in [-0.1, -0.05) is 24.3 Å². The van der Waals surface area contributed by atoms with Crippen LogP contribution in [-0.4, -0.2) is 15.7 Å². The van der Waals surface area contributed by atoms with E-state index in [2.05, 4.69) is 22.1 Å². The summed E-state index contributed by atoms with van der Waals surface area (Å²) in [6, 6.07) is 16.2. The molecule has 2 aromatic carbocycles. The van der Waals surface area contributed by atoms with E-state index >= 15 is 0 Å². The first-order valence-electron chi connectivity index (χ1n) is 11.4. The van der Waals surface area contributed by atoms with Crippen LogP contribution in [0, 0.1) is 17.6 Å². The van der Waals surface area contributed by atoms with Crippen molar-refractivity contribution in [1.29, 1.82) is 0 Å². The molecule has 3 heterocycles. The average molecular weight is 473 g/mol. The minimum atomic E-state index is -0.892. The summed E-state index contributed by atoms with van der Waals surface area (Å²) in [6.07, 6.45) is 8.35. The molecule has 2 aromatic heterocycles. The standard InChI is InChI=1S/C28H22F2N2OS/c29-23-13-19-7-9-20(32-25(19)14-24(23)30)8-5-17-6-10-27-22(12-17)28(34-16-18-3-4-18)21-2-1-11-31-26(21)15-33-27/h1-2,5-14,18,28H,3-4,15-16H2/b8-5+. The van der Waals surface area contributed by atoms with Crippen LogP contribution in [0.3, 0.4) is 0 Å². The molecule has 6 rings (SSSR count). The number of hydrogen-bond acceptors (Lipinski definition) is 4. The lowest BCUT2D eigenvalue weighted by molar-refractivity contribution is 0.302. The summed E-state index contributed by atoms with van der Waals surface area (Å²) in [4.78, 5) is 9.04. The molecule has 1 saturated carbocycles. The van der Waals surface area contributed by atoms with E-state index in [0.717, 1.165) is 40.3 Å². The predicted octanol–water partition coefficient (Wildman–Crippen LogP) is 7.20. The molecule has 0 saturated heterocycles. The molecule has 6 heteroatoms. The molecule has 1 aliphatic carbocycles. The maximum Gasteiger partial charge on any atom is 0.161 e. The van der Waals surface area contributed by atoms with Crippen LogP contribution < -0.4 is 4.74 Å². The number of halogens is 2. The second kappa shape index (κ2) is 8.84. The van der Waals surface area contributed by atoms with E-state index in [1.807, 2.05) is 48.3 Å². The second-order valence-electron chi connectivity index (χ2n) is 8.81. The first-order chi connectivity index (χ1) is 16.6. The van der Waals surface area contributed by atoms with Crippen molar-refractivity contribution in [2.75, 3.05) is 5.75 Å². The van der Waals surface area contributed by atoms with Crippen molar-refractivity contribution < 1.29 is 13.5 Å². The zero-order chi connectivity index (χ0) is 23.1. The first-order valence-corrected chi connectivity index (χ1v) is 12.4. The number of aromatic nitrogens is 2. The van der Waals surface area contributed by atoms with Crippen LogP contribution in [0.5, 0.6) is 5.75 Å². The van der Waals surface area contributed by atoms with Crippen LogP contribution >= 0.6 is 11.8 Å². The van der Waals surface area contributed by atoms with E-state index in [0.29, 0.717) is 23.2 Å². The van der Waals surface area contributed by atoms with E-state index in [1.165, 1.54) is 24.5 Å². The number of benzene rings is 2. The van der Waals surface area contributed by atoms with Crippen LogP contribution in [0.4, 0.5) is 8.78 Å². The van der Waals surface area contributed by atoms with Gasteiger partial charge in [-0.05, 0) is 72.0 Å². The lowest BCUT2D eigenvalue weighted by atomic mass is 10.0. The Bertz CT molecular complexity index is 1420. The molecule has 1 unspecified atom stereocenters. The van der Waals surface area contributed by atoms with Gasteiger partial charge in [0.1, 0.15) is 12.4 Å². The summed E-state index contributed by atoms with van der Waals surface area (Å²) in [5.74, 6) is 1.09. The van der Waals surface area contributed by atoms with Crippen molar-refractivity contribution in [3.63, 3.8) is 0 Å². The Morgan fingerprint density at radius 3 is 2.74 bits per heavy atom. The molecule has 1 aliphatic heterocycles. The molecule has 2 aliphatic rings. The van der Waals surface area contributed by atoms with Gasteiger partial charge in [-0.15, -0.1) is 11.8 Å². The largest absolute Gasteiger partial charge is 0.487 e. The molecule has 0 amide bonds. The fourth-order valence-electron chi connectivity index (χ4n) is 4.23. The van der Waals surface area contributed by atoms with E-state index < -0.39 is 11.6 Å². The molecule has 34 heavy (non-hydrogen) atoms. The minimum Gasteiger partial charge on any atom is -0.487 e. The monoisotopic (exact) mass is 472 g/mol. The number of pyridine rings is 2. The molecule has 1 fully saturated rings. The van der Waals surface area contributed by atoms with Gasteiger partial charge in [-0.3, -0.25) is 4.98 Å². The number of rotatable bonds is 5. The van der Waals surface area contributed by atoms with E-state index in [-0.39, 0.29) is 5.25 Å². The van der Waals surface area contributed by atoms with Crippen molar-refractivity contribution in [3.8, 4) is 5.75 Å². The molecule has 0 spiro atoms. The Kier molecular flexibility index (Phi) is 5.53. The Morgan fingerprint density at radius 2 is 1.85 bits per heavy atom. The van der Waals surface area contributed by atoms with E-state index in [1.54, 1.807) is 12.1 Å². The van der Waals surface area contributed by atoms with E-state index in [9.17, 15) is 8.78 Å². The Balaban J connectivity index is 1.33. The molecule has 0 N–H and O–H groups in total. The Hall–Kier alpha value is -3.25. The molecule has 1 atom stereocenters. The van der Waals surface area contributed by atoms with Crippen molar-refractivity contribution in [1.82, 2.24) is 9.97 Å². The average Bonchev–Trinajstić information content (AvgIpc) is 3.69. The Morgan fingerprint density at radius 1 is 0.971 bits per heavy atom. The molecular weight excluding hydrogens is 450 g/mol. The van der Waals surface area contributed by atoms with Gasteiger partial charge < -0.3 is 4.74 Å². The Labute approximate surface area is 200 Å². The van der Waals surface area contributed by atoms with Crippen molar-refractivity contribution in [2.45, 2.75) is 24.7 Å².